The van der Waals surface area contributed by atoms with Crippen molar-refractivity contribution in [3.8, 4) is 0 Å². The van der Waals surface area contributed by atoms with E-state index < -0.39 is 0 Å². The fraction of sp³-hybridized carbons (Fsp3) is 0.800. The molecule has 2 nitrogen and oxygen atoms in total. The molecule has 0 fully saturated rings. The van der Waals surface area contributed by atoms with Crippen LogP contribution in [-0.4, -0.2) is 18.6 Å². The van der Waals surface area contributed by atoms with Crippen molar-refractivity contribution in [2.45, 2.75) is 39.0 Å². The van der Waals surface area contributed by atoms with Crippen molar-refractivity contribution in [1.29, 1.82) is 0 Å². The summed E-state index contributed by atoms with van der Waals surface area (Å²) in [5.41, 5.74) is 4.80. The van der Waals surface area contributed by atoms with Crippen LogP contribution in [0.5, 0.6) is 0 Å². The molecule has 0 spiro atoms. The maximum atomic E-state index is 3.25. The van der Waals surface area contributed by atoms with E-state index in [1.54, 1.807) is 5.57 Å². The van der Waals surface area contributed by atoms with Gasteiger partial charge in [0.15, 0.2) is 0 Å². The highest BCUT2D eigenvalue weighted by atomic mass is 15.5. The fourth-order valence-electron chi connectivity index (χ4n) is 1.52. The summed E-state index contributed by atoms with van der Waals surface area (Å²) in [6.07, 6.45) is 8.95. The summed E-state index contributed by atoms with van der Waals surface area (Å²) >= 11 is 0. The second-order valence-corrected chi connectivity index (χ2v) is 3.54. The largest absolute Gasteiger partial charge is 0.318 e. The third-order valence-electron chi connectivity index (χ3n) is 2.28. The van der Waals surface area contributed by atoms with E-state index in [1.165, 1.54) is 32.1 Å². The van der Waals surface area contributed by atoms with Crippen LogP contribution in [0.15, 0.2) is 11.8 Å². The van der Waals surface area contributed by atoms with E-state index in [9.17, 15) is 0 Å². The first kappa shape index (κ1) is 9.59. The van der Waals surface area contributed by atoms with E-state index in [-0.39, 0.29) is 0 Å². The average Bonchev–Trinajstić information content (AvgIpc) is 2.45. The molecule has 0 saturated heterocycles. The van der Waals surface area contributed by atoms with Crippen LogP contribution in [0.1, 0.15) is 39.0 Å². The predicted molar refractivity (Wildman–Crippen MR) is 52.6 cm³/mol. The summed E-state index contributed by atoms with van der Waals surface area (Å²) in [7, 11) is 2.05. The minimum atomic E-state index is 1.06. The summed E-state index contributed by atoms with van der Waals surface area (Å²) in [6.45, 7) is 3.31. The number of unbranched alkanes of at least 4 members (excludes halogenated alkanes) is 3. The molecule has 0 aromatic rings. The molecule has 0 amide bonds. The number of rotatable bonds is 5. The number of nitrogens with zero attached hydrogens (tertiary/aromatic N) is 1. The molecule has 1 N–H and O–H groups in total. The molecular weight excluding hydrogens is 148 g/mol. The average molecular weight is 168 g/mol. The molecule has 1 aliphatic heterocycles. The number of hydrogen-bond donors (Lipinski definition) is 1. The number of nitrogens with one attached hydrogen (secondary N) is 1. The van der Waals surface area contributed by atoms with Crippen LogP contribution in [0.2, 0.25) is 0 Å². The highest BCUT2D eigenvalue weighted by molar-refractivity contribution is 5.06. The third kappa shape index (κ3) is 3.26. The molecule has 0 aromatic carbocycles. The third-order valence-corrected chi connectivity index (χ3v) is 2.28. The van der Waals surface area contributed by atoms with Gasteiger partial charge < -0.3 is 5.01 Å². The Labute approximate surface area is 75.6 Å². The molecule has 0 bridgehead atoms. The van der Waals surface area contributed by atoms with Crippen molar-refractivity contribution in [2.24, 2.45) is 0 Å². The summed E-state index contributed by atoms with van der Waals surface area (Å²) in [6, 6.07) is 0. The van der Waals surface area contributed by atoms with Gasteiger partial charge in [-0.3, -0.25) is 0 Å². The molecular formula is C10H20N2. The molecule has 1 heterocycles. The Hall–Kier alpha value is -0.500. The van der Waals surface area contributed by atoms with Crippen LogP contribution in [0, 0.1) is 0 Å². The van der Waals surface area contributed by atoms with Gasteiger partial charge in [-0.25, -0.2) is 5.43 Å². The van der Waals surface area contributed by atoms with Gasteiger partial charge in [0.2, 0.25) is 0 Å². The summed E-state index contributed by atoms with van der Waals surface area (Å²) in [4.78, 5) is 0. The second kappa shape index (κ2) is 5.20. The first-order valence-corrected chi connectivity index (χ1v) is 4.99. The van der Waals surface area contributed by atoms with E-state index in [0.717, 1.165) is 6.54 Å². The molecule has 0 atom stereocenters. The van der Waals surface area contributed by atoms with Crippen LogP contribution in [0.4, 0.5) is 0 Å². The summed E-state index contributed by atoms with van der Waals surface area (Å²) in [5.74, 6) is 0. The zero-order valence-corrected chi connectivity index (χ0v) is 8.27. The van der Waals surface area contributed by atoms with Gasteiger partial charge in [-0.1, -0.05) is 26.2 Å². The Morgan fingerprint density at radius 1 is 1.42 bits per heavy atom. The Balaban J connectivity index is 2.03. The molecule has 0 saturated carbocycles. The first-order valence-electron chi connectivity index (χ1n) is 4.99. The molecule has 0 radical (unpaired) electrons. The monoisotopic (exact) mass is 168 g/mol. The Morgan fingerprint density at radius 2 is 2.25 bits per heavy atom. The van der Waals surface area contributed by atoms with E-state index in [0.29, 0.717) is 0 Å². The SMILES string of the molecule is CCCCCCC1=CN(C)NC1. The van der Waals surface area contributed by atoms with Crippen molar-refractivity contribution >= 4 is 0 Å². The highest BCUT2D eigenvalue weighted by Gasteiger charge is 2.06. The smallest absolute Gasteiger partial charge is 0.0377 e. The van der Waals surface area contributed by atoms with Crippen molar-refractivity contribution in [2.75, 3.05) is 13.6 Å². The quantitative estimate of drug-likeness (QED) is 0.634. The van der Waals surface area contributed by atoms with E-state index in [4.69, 9.17) is 0 Å². The fourth-order valence-corrected chi connectivity index (χ4v) is 1.52. The molecule has 1 aliphatic rings. The van der Waals surface area contributed by atoms with Gasteiger partial charge in [0, 0.05) is 19.8 Å². The minimum Gasteiger partial charge on any atom is -0.318 e. The lowest BCUT2D eigenvalue weighted by atomic mass is 10.1. The number of hydrazine groups is 1. The Morgan fingerprint density at radius 3 is 2.83 bits per heavy atom. The molecule has 0 aliphatic carbocycles. The van der Waals surface area contributed by atoms with Crippen LogP contribution in [-0.2, 0) is 0 Å². The lowest BCUT2D eigenvalue weighted by molar-refractivity contribution is 0.373. The van der Waals surface area contributed by atoms with Crippen molar-refractivity contribution in [3.63, 3.8) is 0 Å². The second-order valence-electron chi connectivity index (χ2n) is 3.54. The van der Waals surface area contributed by atoms with Crippen molar-refractivity contribution < 1.29 is 0 Å². The molecule has 0 aromatic heterocycles. The zero-order chi connectivity index (χ0) is 8.81. The molecule has 0 unspecified atom stereocenters. The van der Waals surface area contributed by atoms with Crippen LogP contribution < -0.4 is 5.43 Å². The van der Waals surface area contributed by atoms with Crippen LogP contribution in [0.25, 0.3) is 0 Å². The zero-order valence-electron chi connectivity index (χ0n) is 8.27. The Bertz CT molecular complexity index is 152. The van der Waals surface area contributed by atoms with E-state index >= 15 is 0 Å². The molecule has 2 heteroatoms. The van der Waals surface area contributed by atoms with Gasteiger partial charge in [-0.2, -0.15) is 0 Å². The minimum absolute atomic E-state index is 1.06. The maximum absolute atomic E-state index is 3.25. The lowest BCUT2D eigenvalue weighted by Gasteiger charge is -2.04. The molecule has 70 valence electrons. The van der Waals surface area contributed by atoms with Crippen molar-refractivity contribution in [1.82, 2.24) is 10.4 Å². The van der Waals surface area contributed by atoms with Gasteiger partial charge in [0.25, 0.3) is 0 Å². The molecule has 1 rings (SSSR count). The molecule has 12 heavy (non-hydrogen) atoms. The van der Waals surface area contributed by atoms with Gasteiger partial charge >= 0.3 is 0 Å². The van der Waals surface area contributed by atoms with E-state index in [1.807, 2.05) is 0 Å². The maximum Gasteiger partial charge on any atom is 0.0377 e. The predicted octanol–water partition coefficient (Wildman–Crippen LogP) is 2.29. The summed E-state index contributed by atoms with van der Waals surface area (Å²) < 4.78 is 0. The normalized spacial score (nSPS) is 16.8. The van der Waals surface area contributed by atoms with Gasteiger partial charge in [0.1, 0.15) is 0 Å². The summed E-state index contributed by atoms with van der Waals surface area (Å²) in [5, 5.41) is 2.05. The number of hydrogen-bond acceptors (Lipinski definition) is 2. The van der Waals surface area contributed by atoms with Gasteiger partial charge in [0.05, 0.1) is 0 Å². The van der Waals surface area contributed by atoms with Gasteiger partial charge in [-0.05, 0) is 18.4 Å². The first-order chi connectivity index (χ1) is 5.83. The highest BCUT2D eigenvalue weighted by Crippen LogP contribution is 2.12. The standard InChI is InChI=1S/C10H20N2/c1-3-4-5-6-7-10-8-11-12(2)9-10/h9,11H,3-8H2,1-2H3. The van der Waals surface area contributed by atoms with Crippen molar-refractivity contribution in [3.05, 3.63) is 11.8 Å². The lowest BCUT2D eigenvalue weighted by Crippen LogP contribution is -2.23. The van der Waals surface area contributed by atoms with Crippen LogP contribution in [0.3, 0.4) is 0 Å². The Kier molecular flexibility index (Phi) is 4.15. The van der Waals surface area contributed by atoms with Gasteiger partial charge in [-0.15, -0.1) is 0 Å². The van der Waals surface area contributed by atoms with E-state index in [2.05, 4.69) is 30.6 Å². The van der Waals surface area contributed by atoms with Crippen LogP contribution >= 0.6 is 0 Å². The topological polar surface area (TPSA) is 15.3 Å².